The van der Waals surface area contributed by atoms with E-state index in [0.717, 1.165) is 67.2 Å². The fourth-order valence-corrected chi connectivity index (χ4v) is 10.0. The topological polar surface area (TPSA) is 51.6 Å². The second-order valence-corrected chi connectivity index (χ2v) is 16.0. The van der Waals surface area contributed by atoms with Gasteiger partial charge in [-0.1, -0.05) is 115 Å². The lowest BCUT2D eigenvalue weighted by molar-refractivity contribution is 1.22. The highest BCUT2D eigenvalue weighted by Gasteiger charge is 2.19. The van der Waals surface area contributed by atoms with Crippen LogP contribution in [-0.2, 0) is 0 Å². The van der Waals surface area contributed by atoms with E-state index < -0.39 is 0 Å². The van der Waals surface area contributed by atoms with Crippen LogP contribution in [-0.4, -0.2) is 19.9 Å². The number of fused-ring (bicyclic) bond motifs is 11. The molecular weight excluding hydrogens is 737 g/mol. The van der Waals surface area contributed by atoms with Crippen LogP contribution in [0.5, 0.6) is 0 Å². The Morgan fingerprint density at radius 3 is 1.53 bits per heavy atom. The molecule has 4 nitrogen and oxygen atoms in total. The molecule has 0 fully saturated rings. The maximum Gasteiger partial charge on any atom is 0.0900 e. The van der Waals surface area contributed by atoms with Crippen molar-refractivity contribution in [3.8, 4) is 56.3 Å². The van der Waals surface area contributed by atoms with Crippen molar-refractivity contribution in [1.82, 2.24) is 19.9 Å². The Morgan fingerprint density at radius 2 is 0.864 bits per heavy atom. The average Bonchev–Trinajstić information content (AvgIpc) is 3.72. The molecule has 0 saturated carbocycles. The minimum atomic E-state index is 0.807. The Labute approximate surface area is 343 Å². The summed E-state index contributed by atoms with van der Waals surface area (Å²) in [5.41, 5.74) is 10.8. The largest absolute Gasteiger partial charge is 0.255 e. The molecule has 59 heavy (non-hydrogen) atoms. The van der Waals surface area contributed by atoms with Gasteiger partial charge in [0, 0.05) is 38.8 Å². The van der Waals surface area contributed by atoms with Crippen molar-refractivity contribution in [3.05, 3.63) is 194 Å². The van der Waals surface area contributed by atoms with Crippen LogP contribution < -0.4 is 0 Å². The number of aromatic nitrogens is 4. The third-order valence-corrected chi connectivity index (χ3v) is 12.7. The Hall–Kier alpha value is -7.60. The van der Waals surface area contributed by atoms with Crippen LogP contribution in [0.25, 0.3) is 120 Å². The number of pyridine rings is 4. The minimum Gasteiger partial charge on any atom is -0.255 e. The van der Waals surface area contributed by atoms with E-state index >= 15 is 0 Å². The summed E-state index contributed by atoms with van der Waals surface area (Å²) in [6.45, 7) is 0. The summed E-state index contributed by atoms with van der Waals surface area (Å²) in [5.74, 6) is 0. The van der Waals surface area contributed by atoms with Crippen LogP contribution >= 0.6 is 11.3 Å². The van der Waals surface area contributed by atoms with Gasteiger partial charge in [-0.25, -0.2) is 9.97 Å². The number of hydrogen-bond acceptors (Lipinski definition) is 5. The molecular formula is C54H32N4S. The van der Waals surface area contributed by atoms with Gasteiger partial charge in [0.15, 0.2) is 0 Å². The first-order chi connectivity index (χ1) is 29.2. The predicted octanol–water partition coefficient (Wildman–Crippen LogP) is 14.6. The first-order valence-corrected chi connectivity index (χ1v) is 20.6. The van der Waals surface area contributed by atoms with Crippen molar-refractivity contribution in [1.29, 1.82) is 0 Å². The summed E-state index contributed by atoms with van der Waals surface area (Å²) in [5, 5.41) is 11.3. The summed E-state index contributed by atoms with van der Waals surface area (Å²) in [4.78, 5) is 19.7. The number of rotatable bonds is 5. The van der Waals surface area contributed by atoms with E-state index in [9.17, 15) is 0 Å². The van der Waals surface area contributed by atoms with Gasteiger partial charge >= 0.3 is 0 Å². The van der Waals surface area contributed by atoms with Crippen molar-refractivity contribution in [2.75, 3.05) is 0 Å². The van der Waals surface area contributed by atoms with Crippen molar-refractivity contribution < 1.29 is 0 Å². The molecule has 0 spiro atoms. The molecule has 0 radical (unpaired) electrons. The Kier molecular flexibility index (Phi) is 7.68. The molecule has 5 heterocycles. The van der Waals surface area contributed by atoms with Crippen LogP contribution in [0, 0.1) is 0 Å². The zero-order valence-corrected chi connectivity index (χ0v) is 32.5. The maximum atomic E-state index is 5.49. The van der Waals surface area contributed by atoms with Crippen molar-refractivity contribution >= 4 is 74.7 Å². The fraction of sp³-hybridized carbons (Fsp3) is 0. The van der Waals surface area contributed by atoms with Crippen LogP contribution in [0.15, 0.2) is 194 Å². The van der Waals surface area contributed by atoms with E-state index in [1.54, 1.807) is 12.4 Å². The van der Waals surface area contributed by atoms with Gasteiger partial charge in [-0.05, 0) is 121 Å². The van der Waals surface area contributed by atoms with Gasteiger partial charge in [0.25, 0.3) is 0 Å². The van der Waals surface area contributed by atoms with Crippen LogP contribution in [0.3, 0.4) is 0 Å². The molecule has 274 valence electrons. The quantitative estimate of drug-likeness (QED) is 0.164. The zero-order chi connectivity index (χ0) is 38.9. The Balaban J connectivity index is 1.03. The number of benzene rings is 7. The Bertz CT molecular complexity index is 3520. The normalized spacial score (nSPS) is 11.7. The zero-order valence-electron chi connectivity index (χ0n) is 31.7. The lowest BCUT2D eigenvalue weighted by atomic mass is 9.92. The second kappa shape index (κ2) is 13.5. The molecule has 0 unspecified atom stereocenters. The summed E-state index contributed by atoms with van der Waals surface area (Å²) >= 11 is 1.83. The summed E-state index contributed by atoms with van der Waals surface area (Å²) in [6, 6.07) is 64.8. The third-order valence-electron chi connectivity index (χ3n) is 11.5. The van der Waals surface area contributed by atoms with E-state index in [0.29, 0.717) is 0 Å². The molecule has 0 saturated heterocycles. The molecule has 0 aliphatic heterocycles. The lowest BCUT2D eigenvalue weighted by Gasteiger charge is -2.13. The maximum absolute atomic E-state index is 5.49. The van der Waals surface area contributed by atoms with Crippen LogP contribution in [0.4, 0.5) is 0 Å². The van der Waals surface area contributed by atoms with Crippen molar-refractivity contribution in [2.45, 2.75) is 0 Å². The number of hydrogen-bond donors (Lipinski definition) is 0. The van der Waals surface area contributed by atoms with E-state index in [1.807, 2.05) is 47.7 Å². The molecule has 0 N–H and O–H groups in total. The third kappa shape index (κ3) is 5.58. The first kappa shape index (κ1) is 33.5. The summed E-state index contributed by atoms with van der Waals surface area (Å²) in [7, 11) is 0. The molecule has 5 aromatic heterocycles. The van der Waals surface area contributed by atoms with Gasteiger partial charge in [-0.15, -0.1) is 11.3 Å². The average molecular weight is 769 g/mol. The van der Waals surface area contributed by atoms with E-state index in [2.05, 4.69) is 156 Å². The van der Waals surface area contributed by atoms with Crippen LogP contribution in [0.1, 0.15) is 0 Å². The van der Waals surface area contributed by atoms with Gasteiger partial charge in [0.05, 0.1) is 38.7 Å². The Morgan fingerprint density at radius 1 is 0.322 bits per heavy atom. The smallest absolute Gasteiger partial charge is 0.0900 e. The van der Waals surface area contributed by atoms with Gasteiger partial charge < -0.3 is 0 Å². The van der Waals surface area contributed by atoms with Crippen LogP contribution in [0.2, 0.25) is 0 Å². The minimum absolute atomic E-state index is 0.807. The second-order valence-electron chi connectivity index (χ2n) is 15.0. The summed E-state index contributed by atoms with van der Waals surface area (Å²) in [6.07, 6.45) is 3.61. The number of thiophene rings is 1. The predicted molar refractivity (Wildman–Crippen MR) is 248 cm³/mol. The first-order valence-electron chi connectivity index (χ1n) is 19.8. The monoisotopic (exact) mass is 768 g/mol. The summed E-state index contributed by atoms with van der Waals surface area (Å²) < 4.78 is 2.46. The molecule has 7 aromatic carbocycles. The highest BCUT2D eigenvalue weighted by atomic mass is 32.1. The lowest BCUT2D eigenvalue weighted by Crippen LogP contribution is -1.94. The molecule has 0 atom stereocenters. The van der Waals surface area contributed by atoms with Crippen molar-refractivity contribution in [3.63, 3.8) is 0 Å². The molecule has 0 aliphatic rings. The molecule has 0 amide bonds. The van der Waals surface area contributed by atoms with Crippen molar-refractivity contribution in [2.24, 2.45) is 0 Å². The van der Waals surface area contributed by atoms with Gasteiger partial charge in [0.1, 0.15) is 0 Å². The number of nitrogens with zero attached hydrogens (tertiary/aromatic N) is 4. The molecule has 0 aliphatic carbocycles. The van der Waals surface area contributed by atoms with E-state index in [-0.39, 0.29) is 0 Å². The molecule has 12 aromatic rings. The SMILES string of the molecule is c1ccc(-c2cc(-c3cccc(-c4ccc5nc(-c6ccc7c8ccccc8c8ccccc8c7c6)c6sc7ccccc7c6c5c4)c3)cc(-c3ccccn3)n2)nc1. The van der Waals surface area contributed by atoms with Gasteiger partial charge in [-0.3, -0.25) is 9.97 Å². The standard InChI is InChI=1S/C54H32N4S/c1-2-16-40-38(14-1)39-15-3-4-17-41(39)44-30-36(22-24-42(40)44)53-54-52(43-18-5-6-21-51(43)59-54)45-29-35(23-25-46(45)58-53)33-12-11-13-34(28-33)37-31-49(47-19-7-9-26-55-47)57-50(32-37)48-20-8-10-27-56-48/h1-32H. The van der Waals surface area contributed by atoms with Gasteiger partial charge in [0.2, 0.25) is 0 Å². The highest BCUT2D eigenvalue weighted by molar-refractivity contribution is 7.26. The molecule has 0 bridgehead atoms. The fourth-order valence-electron chi connectivity index (χ4n) is 8.78. The van der Waals surface area contributed by atoms with E-state index in [1.165, 1.54) is 52.5 Å². The molecule has 12 rings (SSSR count). The van der Waals surface area contributed by atoms with Gasteiger partial charge in [-0.2, -0.15) is 0 Å². The van der Waals surface area contributed by atoms with E-state index in [4.69, 9.17) is 9.97 Å². The molecule has 5 heteroatoms. The highest BCUT2D eigenvalue weighted by Crippen LogP contribution is 2.45.